The number of hydrogen-bond acceptors (Lipinski definition) is 3. The van der Waals surface area contributed by atoms with Crippen molar-refractivity contribution in [2.75, 3.05) is 0 Å². The second kappa shape index (κ2) is 6.76. The molecule has 0 unspecified atom stereocenters. The van der Waals surface area contributed by atoms with Gasteiger partial charge in [0.2, 0.25) is 5.91 Å². The largest absolute Gasteiger partial charge is 0.348 e. The highest BCUT2D eigenvalue weighted by Gasteiger charge is 2.13. The van der Waals surface area contributed by atoms with Crippen LogP contribution in [0.15, 0.2) is 58.3 Å². The number of rotatable bonds is 4. The molecule has 2 aromatic carbocycles. The van der Waals surface area contributed by atoms with E-state index in [1.165, 1.54) is 10.8 Å². The number of aryl methyl sites for hydroxylation is 1. The summed E-state index contributed by atoms with van der Waals surface area (Å²) < 4.78 is 1.20. The number of carbonyl (C=O) groups excluding carboxylic acids is 1. The molecule has 6 nitrogen and oxygen atoms in total. The molecule has 1 amide bonds. The second-order valence-electron chi connectivity index (χ2n) is 6.06. The number of fused-ring (bicyclic) bond motifs is 1. The summed E-state index contributed by atoms with van der Waals surface area (Å²) in [5.41, 5.74) is 0.361. The van der Waals surface area contributed by atoms with Crippen molar-refractivity contribution in [2.45, 2.75) is 26.4 Å². The van der Waals surface area contributed by atoms with Crippen molar-refractivity contribution in [1.82, 2.24) is 14.9 Å². The summed E-state index contributed by atoms with van der Waals surface area (Å²) in [4.78, 5) is 37.7. The predicted molar refractivity (Wildman–Crippen MR) is 96.6 cm³/mol. The molecule has 3 aromatic rings. The van der Waals surface area contributed by atoms with Crippen LogP contribution in [0.3, 0.4) is 0 Å². The Morgan fingerprint density at radius 2 is 1.88 bits per heavy atom. The third-order valence-corrected chi connectivity index (χ3v) is 4.17. The van der Waals surface area contributed by atoms with Gasteiger partial charge in [0, 0.05) is 11.8 Å². The van der Waals surface area contributed by atoms with E-state index in [0.717, 1.165) is 16.3 Å². The summed E-state index contributed by atoms with van der Waals surface area (Å²) in [6.45, 7) is 3.34. The predicted octanol–water partition coefficient (Wildman–Crippen LogP) is 1.88. The fourth-order valence-electron chi connectivity index (χ4n) is 2.88. The van der Waals surface area contributed by atoms with Gasteiger partial charge in [-0.3, -0.25) is 19.1 Å². The zero-order chi connectivity index (χ0) is 18.0. The molecule has 0 radical (unpaired) electrons. The normalized spacial score (nSPS) is 12.1. The molecule has 0 aliphatic heterocycles. The molecular weight excluding hydrogens is 318 g/mol. The molecule has 1 heterocycles. The standard InChI is InChI=1S/C19H19N3O3/c1-12-10-22(19(25)21-18(12)24)11-17(23)20-13(2)15-9-5-7-14-6-3-4-8-16(14)15/h3-10,13H,11H2,1-2H3,(H,20,23)(H,21,24,25)/t13-/m1/s1. The molecule has 3 rings (SSSR count). The van der Waals surface area contributed by atoms with Crippen molar-refractivity contribution >= 4 is 16.7 Å². The zero-order valence-electron chi connectivity index (χ0n) is 14.1. The first-order valence-corrected chi connectivity index (χ1v) is 8.03. The molecular formula is C19H19N3O3. The fourth-order valence-corrected chi connectivity index (χ4v) is 2.88. The van der Waals surface area contributed by atoms with Crippen LogP contribution in [0, 0.1) is 6.92 Å². The first-order chi connectivity index (χ1) is 12.0. The van der Waals surface area contributed by atoms with E-state index in [-0.39, 0.29) is 18.5 Å². The summed E-state index contributed by atoms with van der Waals surface area (Å²) in [7, 11) is 0. The fraction of sp³-hybridized carbons (Fsp3) is 0.211. The first-order valence-electron chi connectivity index (χ1n) is 8.03. The summed E-state index contributed by atoms with van der Waals surface area (Å²) in [6.07, 6.45) is 1.39. The van der Waals surface area contributed by atoms with Gasteiger partial charge in [0.05, 0.1) is 6.04 Å². The molecule has 1 aromatic heterocycles. The quantitative estimate of drug-likeness (QED) is 0.762. The molecule has 6 heteroatoms. The lowest BCUT2D eigenvalue weighted by Crippen LogP contribution is -2.37. The second-order valence-corrected chi connectivity index (χ2v) is 6.06. The topological polar surface area (TPSA) is 84.0 Å². The lowest BCUT2D eigenvalue weighted by molar-refractivity contribution is -0.122. The van der Waals surface area contributed by atoms with Crippen LogP contribution in [0.1, 0.15) is 24.1 Å². The van der Waals surface area contributed by atoms with Crippen molar-refractivity contribution in [2.24, 2.45) is 0 Å². The van der Waals surface area contributed by atoms with Gasteiger partial charge in [-0.2, -0.15) is 0 Å². The van der Waals surface area contributed by atoms with Crippen LogP contribution < -0.4 is 16.6 Å². The Morgan fingerprint density at radius 3 is 2.68 bits per heavy atom. The maximum absolute atomic E-state index is 12.3. The number of benzene rings is 2. The monoisotopic (exact) mass is 337 g/mol. The van der Waals surface area contributed by atoms with Crippen molar-refractivity contribution < 1.29 is 4.79 Å². The maximum Gasteiger partial charge on any atom is 0.328 e. The smallest absolute Gasteiger partial charge is 0.328 e. The van der Waals surface area contributed by atoms with E-state index in [0.29, 0.717) is 5.56 Å². The molecule has 0 saturated heterocycles. The van der Waals surface area contributed by atoms with Crippen molar-refractivity contribution in [1.29, 1.82) is 0 Å². The average Bonchev–Trinajstić information content (AvgIpc) is 2.59. The SMILES string of the molecule is Cc1cn(CC(=O)N[C@H](C)c2cccc3ccccc23)c(=O)[nH]c1=O. The molecule has 25 heavy (non-hydrogen) atoms. The van der Waals surface area contributed by atoms with E-state index in [1.807, 2.05) is 49.4 Å². The molecule has 0 fully saturated rings. The van der Waals surface area contributed by atoms with Crippen LogP contribution in [-0.2, 0) is 11.3 Å². The van der Waals surface area contributed by atoms with Crippen LogP contribution in [0.25, 0.3) is 10.8 Å². The van der Waals surface area contributed by atoms with Crippen molar-refractivity contribution in [3.05, 3.63) is 80.6 Å². The highest BCUT2D eigenvalue weighted by molar-refractivity contribution is 5.86. The van der Waals surface area contributed by atoms with Gasteiger partial charge in [0.1, 0.15) is 6.54 Å². The number of hydrogen-bond donors (Lipinski definition) is 2. The summed E-state index contributed by atoms with van der Waals surface area (Å²) in [5.74, 6) is -0.297. The van der Waals surface area contributed by atoms with Crippen LogP contribution >= 0.6 is 0 Å². The number of aromatic nitrogens is 2. The number of amides is 1. The molecule has 0 aliphatic rings. The van der Waals surface area contributed by atoms with Gasteiger partial charge in [0.15, 0.2) is 0 Å². The minimum Gasteiger partial charge on any atom is -0.348 e. The van der Waals surface area contributed by atoms with Crippen LogP contribution in [0.5, 0.6) is 0 Å². The average molecular weight is 337 g/mol. The Bertz CT molecular complexity index is 1040. The third-order valence-electron chi connectivity index (χ3n) is 4.17. The van der Waals surface area contributed by atoms with Gasteiger partial charge in [-0.25, -0.2) is 4.79 Å². The van der Waals surface area contributed by atoms with Gasteiger partial charge in [-0.15, -0.1) is 0 Å². The van der Waals surface area contributed by atoms with Crippen molar-refractivity contribution in [3.63, 3.8) is 0 Å². The van der Waals surface area contributed by atoms with Crippen LogP contribution in [0.4, 0.5) is 0 Å². The summed E-state index contributed by atoms with van der Waals surface area (Å²) in [6, 6.07) is 13.7. The Hall–Kier alpha value is -3.15. The van der Waals surface area contributed by atoms with Crippen LogP contribution in [-0.4, -0.2) is 15.5 Å². The van der Waals surface area contributed by atoms with Gasteiger partial charge < -0.3 is 5.32 Å². The van der Waals surface area contributed by atoms with E-state index in [9.17, 15) is 14.4 Å². The van der Waals surface area contributed by atoms with Crippen LogP contribution in [0.2, 0.25) is 0 Å². The number of H-pyrrole nitrogens is 1. The highest BCUT2D eigenvalue weighted by Crippen LogP contribution is 2.23. The Kier molecular flexibility index (Phi) is 4.52. The molecule has 128 valence electrons. The van der Waals surface area contributed by atoms with E-state index in [4.69, 9.17) is 0 Å². The minimum absolute atomic E-state index is 0.147. The molecule has 0 saturated carbocycles. The lowest BCUT2D eigenvalue weighted by atomic mass is 10.00. The van der Waals surface area contributed by atoms with E-state index < -0.39 is 11.2 Å². The van der Waals surface area contributed by atoms with E-state index >= 15 is 0 Å². The van der Waals surface area contributed by atoms with E-state index in [1.54, 1.807) is 6.92 Å². The summed E-state index contributed by atoms with van der Waals surface area (Å²) >= 11 is 0. The molecule has 0 spiro atoms. The minimum atomic E-state index is -0.594. The number of carbonyl (C=O) groups is 1. The molecule has 0 aliphatic carbocycles. The Labute approximate surface area is 144 Å². The number of nitrogens with one attached hydrogen (secondary N) is 2. The van der Waals surface area contributed by atoms with Gasteiger partial charge >= 0.3 is 5.69 Å². The third kappa shape index (κ3) is 3.52. The summed E-state index contributed by atoms with van der Waals surface area (Å²) in [5, 5.41) is 5.09. The van der Waals surface area contributed by atoms with Gasteiger partial charge in [-0.1, -0.05) is 42.5 Å². The number of nitrogens with zero attached hydrogens (tertiary/aromatic N) is 1. The molecule has 0 bridgehead atoms. The molecule has 1 atom stereocenters. The van der Waals surface area contributed by atoms with Gasteiger partial charge in [-0.05, 0) is 30.2 Å². The van der Waals surface area contributed by atoms with Crippen molar-refractivity contribution in [3.8, 4) is 0 Å². The lowest BCUT2D eigenvalue weighted by Gasteiger charge is -2.17. The Balaban J connectivity index is 1.80. The number of aromatic amines is 1. The maximum atomic E-state index is 12.3. The highest BCUT2D eigenvalue weighted by atomic mass is 16.2. The zero-order valence-corrected chi connectivity index (χ0v) is 14.1. The van der Waals surface area contributed by atoms with E-state index in [2.05, 4.69) is 10.3 Å². The first kappa shape index (κ1) is 16.7. The molecule has 2 N–H and O–H groups in total. The van der Waals surface area contributed by atoms with Gasteiger partial charge in [0.25, 0.3) is 5.56 Å². The Morgan fingerprint density at radius 1 is 1.16 bits per heavy atom.